The predicted octanol–water partition coefficient (Wildman–Crippen LogP) is 3.15. The van der Waals surface area contributed by atoms with Crippen molar-refractivity contribution in [1.29, 1.82) is 0 Å². The number of Topliss-reactive ketones (excluding diaryl/α,β-unsaturated/α-hetero) is 1. The zero-order chi connectivity index (χ0) is 17.9. The number of aliphatic hydroxyl groups is 1. The number of nitrogens with zero attached hydrogens (tertiary/aromatic N) is 1. The molecule has 0 aliphatic carbocycles. The van der Waals surface area contributed by atoms with Crippen molar-refractivity contribution in [3.05, 3.63) is 12.2 Å². The second-order valence-electron chi connectivity index (χ2n) is 6.77. The van der Waals surface area contributed by atoms with Crippen LogP contribution in [0, 0.1) is 0 Å². The van der Waals surface area contributed by atoms with Gasteiger partial charge in [-0.3, -0.25) is 19.3 Å². The molecule has 0 aromatic carbocycles. The van der Waals surface area contributed by atoms with Gasteiger partial charge in [0.15, 0.2) is 5.78 Å². The molecule has 2 amide bonds. The van der Waals surface area contributed by atoms with Crippen LogP contribution in [0.15, 0.2) is 12.2 Å². The molecular weight excluding hydrogens is 306 g/mol. The molecule has 1 unspecified atom stereocenters. The van der Waals surface area contributed by atoms with Crippen molar-refractivity contribution in [2.45, 2.75) is 83.7 Å². The third-order valence-corrected chi connectivity index (χ3v) is 4.47. The summed E-state index contributed by atoms with van der Waals surface area (Å²) in [6, 6.07) is 0. The quantitative estimate of drug-likeness (QED) is 0.318. The number of allylic oxidation sites excluding steroid dienone is 1. The van der Waals surface area contributed by atoms with E-state index in [4.69, 9.17) is 0 Å². The van der Waals surface area contributed by atoms with Gasteiger partial charge < -0.3 is 5.11 Å². The van der Waals surface area contributed by atoms with Crippen molar-refractivity contribution in [3.63, 3.8) is 0 Å². The standard InChI is InChI=1S/C19H31NO4/c1-15(2)17(22)11-9-7-5-3-4-6-8-10-16(21)14-20-18(23)12-13-19(20)24/h16,21H,1,3-14H2,2H3. The van der Waals surface area contributed by atoms with Crippen LogP contribution in [0.3, 0.4) is 0 Å². The van der Waals surface area contributed by atoms with Crippen LogP contribution in [-0.2, 0) is 14.4 Å². The van der Waals surface area contributed by atoms with Gasteiger partial charge >= 0.3 is 0 Å². The lowest BCUT2D eigenvalue weighted by atomic mass is 10.0. The van der Waals surface area contributed by atoms with Crippen LogP contribution in [0.4, 0.5) is 0 Å². The summed E-state index contributed by atoms with van der Waals surface area (Å²) >= 11 is 0. The predicted molar refractivity (Wildman–Crippen MR) is 93.3 cm³/mol. The highest BCUT2D eigenvalue weighted by atomic mass is 16.3. The number of hydrogen-bond acceptors (Lipinski definition) is 4. The number of β-amino-alcohol motifs (C(OH)–C–C–N with tert-alkyl or cyclic N) is 1. The van der Waals surface area contributed by atoms with E-state index >= 15 is 0 Å². The molecule has 1 atom stereocenters. The Morgan fingerprint density at radius 3 is 2.08 bits per heavy atom. The maximum atomic E-state index is 11.5. The second kappa shape index (κ2) is 11.1. The van der Waals surface area contributed by atoms with E-state index in [1.807, 2.05) is 0 Å². The van der Waals surface area contributed by atoms with E-state index in [0.29, 0.717) is 18.4 Å². The average Bonchev–Trinajstić information content (AvgIpc) is 2.84. The van der Waals surface area contributed by atoms with Crippen LogP contribution in [0.25, 0.3) is 0 Å². The zero-order valence-corrected chi connectivity index (χ0v) is 14.9. The molecule has 1 aliphatic rings. The fraction of sp³-hybridized carbons (Fsp3) is 0.737. The molecule has 0 spiro atoms. The van der Waals surface area contributed by atoms with Crippen LogP contribution >= 0.6 is 0 Å². The maximum Gasteiger partial charge on any atom is 0.229 e. The van der Waals surface area contributed by atoms with Gasteiger partial charge in [-0.05, 0) is 25.3 Å². The van der Waals surface area contributed by atoms with Gasteiger partial charge in [0.05, 0.1) is 12.6 Å². The first-order chi connectivity index (χ1) is 11.4. The third kappa shape index (κ3) is 7.86. The van der Waals surface area contributed by atoms with Crippen LogP contribution in [0.2, 0.25) is 0 Å². The van der Waals surface area contributed by atoms with E-state index < -0.39 is 6.10 Å². The second-order valence-corrected chi connectivity index (χ2v) is 6.77. The molecule has 24 heavy (non-hydrogen) atoms. The largest absolute Gasteiger partial charge is 0.391 e. The summed E-state index contributed by atoms with van der Waals surface area (Å²) in [5.74, 6) is -0.160. The molecule has 1 saturated heterocycles. The Bertz CT molecular complexity index is 442. The van der Waals surface area contributed by atoms with Gasteiger partial charge in [0.25, 0.3) is 0 Å². The zero-order valence-electron chi connectivity index (χ0n) is 14.9. The minimum Gasteiger partial charge on any atom is -0.391 e. The van der Waals surface area contributed by atoms with Gasteiger partial charge in [-0.25, -0.2) is 0 Å². The highest BCUT2D eigenvalue weighted by molar-refractivity contribution is 6.01. The number of carbonyl (C=O) groups is 3. The Labute approximate surface area is 145 Å². The molecule has 0 aromatic rings. The smallest absolute Gasteiger partial charge is 0.229 e. The molecule has 0 saturated carbocycles. The summed E-state index contributed by atoms with van der Waals surface area (Å²) in [5.41, 5.74) is 0.644. The number of ketones is 1. The molecular formula is C19H31NO4. The Hall–Kier alpha value is -1.49. The molecule has 0 bridgehead atoms. The molecule has 1 fully saturated rings. The monoisotopic (exact) mass is 337 g/mol. The topological polar surface area (TPSA) is 74.7 Å². The normalized spacial score (nSPS) is 15.8. The Morgan fingerprint density at radius 1 is 1.04 bits per heavy atom. The minimum absolute atomic E-state index is 0.147. The van der Waals surface area contributed by atoms with Crippen LogP contribution in [0.5, 0.6) is 0 Å². The first kappa shape index (κ1) is 20.6. The fourth-order valence-electron chi connectivity index (χ4n) is 2.89. The van der Waals surface area contributed by atoms with E-state index in [0.717, 1.165) is 44.9 Å². The van der Waals surface area contributed by atoms with Gasteiger partial charge in [-0.15, -0.1) is 0 Å². The number of carbonyl (C=O) groups excluding carboxylic acids is 3. The molecule has 1 heterocycles. The Morgan fingerprint density at radius 2 is 1.54 bits per heavy atom. The van der Waals surface area contributed by atoms with Crippen molar-refractivity contribution in [3.8, 4) is 0 Å². The number of rotatable bonds is 13. The number of hydrogen-bond donors (Lipinski definition) is 1. The lowest BCUT2D eigenvalue weighted by Crippen LogP contribution is -2.36. The fourth-order valence-corrected chi connectivity index (χ4v) is 2.89. The SMILES string of the molecule is C=C(C)C(=O)CCCCCCCCCC(O)CN1C(=O)CCC1=O. The summed E-state index contributed by atoms with van der Waals surface area (Å²) < 4.78 is 0. The number of amides is 2. The van der Waals surface area contributed by atoms with E-state index in [9.17, 15) is 19.5 Å². The van der Waals surface area contributed by atoms with Gasteiger partial charge in [0, 0.05) is 19.3 Å². The highest BCUT2D eigenvalue weighted by Gasteiger charge is 2.30. The number of imide groups is 1. The lowest BCUT2D eigenvalue weighted by Gasteiger charge is -2.18. The molecule has 1 rings (SSSR count). The highest BCUT2D eigenvalue weighted by Crippen LogP contribution is 2.15. The number of likely N-dealkylation sites (tertiary alicyclic amines) is 1. The first-order valence-corrected chi connectivity index (χ1v) is 9.11. The van der Waals surface area contributed by atoms with Gasteiger partial charge in [-0.1, -0.05) is 45.1 Å². The third-order valence-electron chi connectivity index (χ3n) is 4.47. The van der Waals surface area contributed by atoms with E-state index in [2.05, 4.69) is 6.58 Å². The van der Waals surface area contributed by atoms with Crippen LogP contribution < -0.4 is 0 Å². The molecule has 136 valence electrons. The van der Waals surface area contributed by atoms with Crippen molar-refractivity contribution in [2.24, 2.45) is 0 Å². The molecule has 0 aromatic heterocycles. The van der Waals surface area contributed by atoms with Crippen LogP contribution in [-0.4, -0.2) is 40.3 Å². The molecule has 0 radical (unpaired) electrons. The lowest BCUT2D eigenvalue weighted by molar-refractivity contribution is -0.140. The minimum atomic E-state index is -0.607. The summed E-state index contributed by atoms with van der Waals surface area (Å²) in [6.07, 6.45) is 8.53. The van der Waals surface area contributed by atoms with Gasteiger partial charge in [0.2, 0.25) is 11.8 Å². The van der Waals surface area contributed by atoms with Crippen LogP contribution in [0.1, 0.15) is 77.6 Å². The molecule has 5 nitrogen and oxygen atoms in total. The summed E-state index contributed by atoms with van der Waals surface area (Å²) in [7, 11) is 0. The Kier molecular flexibility index (Phi) is 9.53. The molecule has 1 N–H and O–H groups in total. The van der Waals surface area contributed by atoms with E-state index in [1.165, 1.54) is 4.90 Å². The van der Waals surface area contributed by atoms with Crippen molar-refractivity contribution < 1.29 is 19.5 Å². The van der Waals surface area contributed by atoms with Crippen molar-refractivity contribution in [2.75, 3.05) is 6.54 Å². The Balaban J connectivity index is 1.94. The van der Waals surface area contributed by atoms with Gasteiger partial charge in [-0.2, -0.15) is 0 Å². The van der Waals surface area contributed by atoms with E-state index in [1.54, 1.807) is 6.92 Å². The molecule has 1 aliphatic heterocycles. The van der Waals surface area contributed by atoms with Crippen molar-refractivity contribution in [1.82, 2.24) is 4.90 Å². The maximum absolute atomic E-state index is 11.5. The van der Waals surface area contributed by atoms with E-state index in [-0.39, 0.29) is 37.0 Å². The summed E-state index contributed by atoms with van der Waals surface area (Å²) in [6.45, 7) is 5.55. The molecule has 5 heteroatoms. The van der Waals surface area contributed by atoms with Gasteiger partial charge in [0.1, 0.15) is 0 Å². The van der Waals surface area contributed by atoms with Crippen molar-refractivity contribution >= 4 is 17.6 Å². The first-order valence-electron chi connectivity index (χ1n) is 9.11. The number of unbranched alkanes of at least 4 members (excludes halogenated alkanes) is 6. The summed E-state index contributed by atoms with van der Waals surface area (Å²) in [4.78, 5) is 35.5. The average molecular weight is 337 g/mol. The number of aliphatic hydroxyl groups excluding tert-OH is 1. The summed E-state index contributed by atoms with van der Waals surface area (Å²) in [5, 5.41) is 9.93.